The number of hydrogen-bond acceptors (Lipinski definition) is 0. The molecule has 0 aliphatic carbocycles. The highest BCUT2D eigenvalue weighted by molar-refractivity contribution is 14.1. The Labute approximate surface area is 134 Å². The quantitative estimate of drug-likeness (QED) is 0.441. The van der Waals surface area contributed by atoms with Crippen LogP contribution in [0, 0.1) is 21.0 Å². The van der Waals surface area contributed by atoms with Crippen LogP contribution in [-0.2, 0) is 0 Å². The molecule has 0 spiro atoms. The molecular formula is C14H16F2I2. The molecule has 0 N–H and O–H groups in total. The fourth-order valence-electron chi connectivity index (χ4n) is 1.07. The van der Waals surface area contributed by atoms with Gasteiger partial charge < -0.3 is 0 Å². The van der Waals surface area contributed by atoms with Crippen molar-refractivity contribution in [3.63, 3.8) is 0 Å². The van der Waals surface area contributed by atoms with Crippen LogP contribution in [0.25, 0.3) is 0 Å². The molecule has 0 heterocycles. The maximum Gasteiger partial charge on any atom is 0.0130 e. The Morgan fingerprint density at radius 1 is 0.556 bits per heavy atom. The molecule has 100 valence electrons. The van der Waals surface area contributed by atoms with E-state index in [1.165, 1.54) is 18.3 Å². The molecule has 2 rings (SSSR count). The Bertz CT molecular complexity index is 339. The van der Waals surface area contributed by atoms with E-state index in [0.717, 1.165) is 0 Å². The van der Waals surface area contributed by atoms with Crippen LogP contribution in [0.2, 0.25) is 0 Å². The fraction of sp³-hybridized carbons (Fsp3) is 0.143. The molecule has 0 aliphatic heterocycles. The number of rotatable bonds is 0. The third kappa shape index (κ3) is 8.79. The molecule has 0 atom stereocenters. The van der Waals surface area contributed by atoms with Crippen LogP contribution in [0.3, 0.4) is 0 Å². The zero-order valence-electron chi connectivity index (χ0n) is 10.2. The standard InChI is InChI=1S/2C7H7I.2FH/c2*1-6-2-4-7(8)5-3-6;;/h2*2-5H,1H3;2*1H. The average Bonchev–Trinajstić information content (AvgIpc) is 2.28. The normalized spacial score (nSPS) is 8.22. The molecule has 0 radical (unpaired) electrons. The topological polar surface area (TPSA) is 0 Å². The predicted octanol–water partition coefficient (Wildman–Crippen LogP) is 5.50. The van der Waals surface area contributed by atoms with Gasteiger partial charge in [-0.2, -0.15) is 0 Å². The van der Waals surface area contributed by atoms with Crippen molar-refractivity contribution in [1.82, 2.24) is 0 Å². The summed E-state index contributed by atoms with van der Waals surface area (Å²) in [5.41, 5.74) is 2.65. The van der Waals surface area contributed by atoms with Crippen molar-refractivity contribution in [2.45, 2.75) is 13.8 Å². The van der Waals surface area contributed by atoms with Gasteiger partial charge in [0.2, 0.25) is 0 Å². The van der Waals surface area contributed by atoms with Crippen LogP contribution >= 0.6 is 45.2 Å². The lowest BCUT2D eigenvalue weighted by Crippen LogP contribution is -1.69. The molecule has 4 heteroatoms. The molecule has 0 fully saturated rings. The van der Waals surface area contributed by atoms with Crippen molar-refractivity contribution in [3.8, 4) is 0 Å². The van der Waals surface area contributed by atoms with Crippen molar-refractivity contribution >= 4 is 45.2 Å². The van der Waals surface area contributed by atoms with Gasteiger partial charge in [-0.3, -0.25) is 9.41 Å². The fourth-order valence-corrected chi connectivity index (χ4v) is 1.79. The maximum atomic E-state index is 2.30. The van der Waals surface area contributed by atoms with Gasteiger partial charge in [0.05, 0.1) is 0 Å². The largest absolute Gasteiger partial charge is 0.269 e. The summed E-state index contributed by atoms with van der Waals surface area (Å²) in [6.07, 6.45) is 0. The average molecular weight is 476 g/mol. The summed E-state index contributed by atoms with van der Waals surface area (Å²) in [6, 6.07) is 16.9. The molecule has 18 heavy (non-hydrogen) atoms. The van der Waals surface area contributed by atoms with Gasteiger partial charge in [-0.05, 0) is 83.3 Å². The Kier molecular flexibility index (Phi) is 11.9. The van der Waals surface area contributed by atoms with Gasteiger partial charge >= 0.3 is 0 Å². The van der Waals surface area contributed by atoms with Crippen LogP contribution in [0.4, 0.5) is 9.41 Å². The summed E-state index contributed by atoms with van der Waals surface area (Å²) in [7, 11) is 0. The minimum Gasteiger partial charge on any atom is -0.269 e. The first-order valence-electron chi connectivity index (χ1n) is 5.02. The molecule has 2 aromatic rings. The van der Waals surface area contributed by atoms with Crippen LogP contribution in [0.15, 0.2) is 48.5 Å². The second-order valence-electron chi connectivity index (χ2n) is 3.59. The molecule has 2 aromatic carbocycles. The zero-order chi connectivity index (χ0) is 12.0. The molecular weight excluding hydrogens is 460 g/mol. The van der Waals surface area contributed by atoms with Crippen molar-refractivity contribution in [3.05, 3.63) is 66.8 Å². The summed E-state index contributed by atoms with van der Waals surface area (Å²) in [5, 5.41) is 0. The highest BCUT2D eigenvalue weighted by atomic mass is 127. The van der Waals surface area contributed by atoms with E-state index in [-0.39, 0.29) is 9.41 Å². The van der Waals surface area contributed by atoms with E-state index in [1.54, 1.807) is 0 Å². The Morgan fingerprint density at radius 3 is 0.944 bits per heavy atom. The number of aryl methyl sites for hydroxylation is 2. The van der Waals surface area contributed by atoms with Crippen molar-refractivity contribution in [2.75, 3.05) is 0 Å². The monoisotopic (exact) mass is 476 g/mol. The summed E-state index contributed by atoms with van der Waals surface area (Å²) < 4.78 is 2.60. The lowest BCUT2D eigenvalue weighted by atomic mass is 10.2. The van der Waals surface area contributed by atoms with Crippen molar-refractivity contribution in [1.29, 1.82) is 0 Å². The molecule has 0 bridgehead atoms. The van der Waals surface area contributed by atoms with E-state index in [0.29, 0.717) is 0 Å². The minimum atomic E-state index is 0. The summed E-state index contributed by atoms with van der Waals surface area (Å²) >= 11 is 4.59. The van der Waals surface area contributed by atoms with Gasteiger partial charge in [0.25, 0.3) is 0 Å². The van der Waals surface area contributed by atoms with E-state index in [9.17, 15) is 0 Å². The molecule has 0 aromatic heterocycles. The summed E-state index contributed by atoms with van der Waals surface area (Å²) in [5.74, 6) is 0. The third-order valence-electron chi connectivity index (χ3n) is 2.02. The molecule has 0 amide bonds. The molecule has 0 saturated carbocycles. The molecule has 0 saturated heterocycles. The first-order valence-corrected chi connectivity index (χ1v) is 7.18. The van der Waals surface area contributed by atoms with E-state index < -0.39 is 0 Å². The number of benzene rings is 2. The number of hydrogen-bond donors (Lipinski definition) is 0. The molecule has 0 nitrogen and oxygen atoms in total. The summed E-state index contributed by atoms with van der Waals surface area (Å²) in [6.45, 7) is 4.19. The van der Waals surface area contributed by atoms with Crippen molar-refractivity contribution < 1.29 is 9.41 Å². The van der Waals surface area contributed by atoms with Gasteiger partial charge in [0.15, 0.2) is 0 Å². The van der Waals surface area contributed by atoms with Gasteiger partial charge in [0, 0.05) is 7.14 Å². The number of halogens is 4. The zero-order valence-corrected chi connectivity index (χ0v) is 14.5. The third-order valence-corrected chi connectivity index (χ3v) is 3.46. The lowest BCUT2D eigenvalue weighted by molar-refractivity contribution is 1.11. The van der Waals surface area contributed by atoms with Crippen LogP contribution in [0.5, 0.6) is 0 Å². The predicted molar refractivity (Wildman–Crippen MR) is 92.8 cm³/mol. The second-order valence-corrected chi connectivity index (χ2v) is 6.08. The molecule has 0 aliphatic rings. The van der Waals surface area contributed by atoms with Crippen LogP contribution < -0.4 is 0 Å². The van der Waals surface area contributed by atoms with Gasteiger partial charge in [-0.25, -0.2) is 0 Å². The SMILES string of the molecule is Cc1ccc(I)cc1.Cc1ccc(I)cc1.F.F. The second kappa shape index (κ2) is 10.7. The molecule has 0 unspecified atom stereocenters. The lowest BCUT2D eigenvalue weighted by Gasteiger charge is -1.88. The highest BCUT2D eigenvalue weighted by Gasteiger charge is 1.82. The highest BCUT2D eigenvalue weighted by Crippen LogP contribution is 2.05. The Morgan fingerprint density at radius 2 is 0.778 bits per heavy atom. The van der Waals surface area contributed by atoms with E-state index in [1.807, 2.05) is 0 Å². The first-order chi connectivity index (χ1) is 7.58. The van der Waals surface area contributed by atoms with E-state index in [4.69, 9.17) is 0 Å². The first kappa shape index (κ1) is 20.1. The van der Waals surface area contributed by atoms with Crippen LogP contribution in [0.1, 0.15) is 11.1 Å². The van der Waals surface area contributed by atoms with Gasteiger partial charge in [-0.1, -0.05) is 35.4 Å². The van der Waals surface area contributed by atoms with Gasteiger partial charge in [-0.15, -0.1) is 0 Å². The van der Waals surface area contributed by atoms with Gasteiger partial charge in [0.1, 0.15) is 0 Å². The van der Waals surface area contributed by atoms with Crippen LogP contribution in [-0.4, -0.2) is 0 Å². The maximum absolute atomic E-state index is 2.30. The van der Waals surface area contributed by atoms with Crippen molar-refractivity contribution in [2.24, 2.45) is 0 Å². The van der Waals surface area contributed by atoms with E-state index >= 15 is 0 Å². The Hall–Kier alpha value is -0.240. The minimum absolute atomic E-state index is 0. The summed E-state index contributed by atoms with van der Waals surface area (Å²) in [4.78, 5) is 0. The smallest absolute Gasteiger partial charge is 0.0130 e. The van der Waals surface area contributed by atoms with E-state index in [2.05, 4.69) is 108 Å². The Balaban J connectivity index is 0.